The van der Waals surface area contributed by atoms with Crippen molar-refractivity contribution in [3.63, 3.8) is 0 Å². The van der Waals surface area contributed by atoms with E-state index in [1.807, 2.05) is 55.4 Å². The van der Waals surface area contributed by atoms with Gasteiger partial charge < -0.3 is 25.4 Å². The Morgan fingerprint density at radius 1 is 0.792 bits per heavy atom. The van der Waals surface area contributed by atoms with E-state index in [-0.39, 0.29) is 12.0 Å². The minimum absolute atomic E-state index is 0.0986. The third-order valence-electron chi connectivity index (χ3n) is 2.76. The molecule has 2 unspecified atom stereocenters. The van der Waals surface area contributed by atoms with Gasteiger partial charge in [-0.1, -0.05) is 6.92 Å². The summed E-state index contributed by atoms with van der Waals surface area (Å²) >= 11 is 0. The maximum Gasteiger partial charge on any atom is 0.407 e. The van der Waals surface area contributed by atoms with Crippen molar-refractivity contribution in [3.05, 3.63) is 0 Å². The Labute approximate surface area is 146 Å². The van der Waals surface area contributed by atoms with Gasteiger partial charge in [-0.05, 0) is 60.9 Å². The van der Waals surface area contributed by atoms with Gasteiger partial charge in [0.2, 0.25) is 0 Å². The van der Waals surface area contributed by atoms with Crippen LogP contribution in [0.15, 0.2) is 0 Å². The topological polar surface area (TPSA) is 88.7 Å². The summed E-state index contributed by atoms with van der Waals surface area (Å²) in [4.78, 5) is 23.1. The average molecular weight is 345 g/mol. The predicted octanol–water partition coefficient (Wildman–Crippen LogP) is 2.65. The van der Waals surface area contributed by atoms with Crippen molar-refractivity contribution in [1.82, 2.24) is 16.0 Å². The maximum absolute atomic E-state index is 11.6. The Balaban J connectivity index is 3.88. The van der Waals surface area contributed by atoms with Crippen LogP contribution in [-0.2, 0) is 9.47 Å². The summed E-state index contributed by atoms with van der Waals surface area (Å²) in [5, 5.41) is 8.78. The number of hydrogen-bond donors (Lipinski definition) is 3. The van der Waals surface area contributed by atoms with E-state index in [0.29, 0.717) is 19.6 Å². The molecular weight excluding hydrogens is 310 g/mol. The fourth-order valence-electron chi connectivity index (χ4n) is 1.67. The SMILES string of the molecule is CC(CNC(=O)OC(C)(C)C)CNC(C)CNC(=O)OC(C)(C)C. The summed E-state index contributed by atoms with van der Waals surface area (Å²) in [7, 11) is 0. The number of ether oxygens (including phenoxy) is 2. The van der Waals surface area contributed by atoms with Crippen molar-refractivity contribution in [2.45, 2.75) is 72.6 Å². The smallest absolute Gasteiger partial charge is 0.407 e. The molecule has 0 aliphatic rings. The lowest BCUT2D eigenvalue weighted by Gasteiger charge is -2.23. The molecule has 142 valence electrons. The van der Waals surface area contributed by atoms with Crippen LogP contribution in [0.1, 0.15) is 55.4 Å². The van der Waals surface area contributed by atoms with Gasteiger partial charge in [0.15, 0.2) is 0 Å². The van der Waals surface area contributed by atoms with E-state index in [1.165, 1.54) is 0 Å². The predicted molar refractivity (Wildman–Crippen MR) is 95.1 cm³/mol. The number of carbonyl (C=O) groups excluding carboxylic acids is 2. The molecular formula is C17H35N3O4. The van der Waals surface area contributed by atoms with Crippen LogP contribution >= 0.6 is 0 Å². The molecule has 0 rings (SSSR count). The molecule has 0 aromatic carbocycles. The van der Waals surface area contributed by atoms with Crippen LogP contribution in [0.4, 0.5) is 9.59 Å². The lowest BCUT2D eigenvalue weighted by molar-refractivity contribution is 0.0507. The second-order valence-electron chi connectivity index (χ2n) is 8.18. The summed E-state index contributed by atoms with van der Waals surface area (Å²) in [6.45, 7) is 16.7. The summed E-state index contributed by atoms with van der Waals surface area (Å²) in [6, 6.07) is 0.0986. The van der Waals surface area contributed by atoms with Gasteiger partial charge >= 0.3 is 12.2 Å². The quantitative estimate of drug-likeness (QED) is 0.660. The van der Waals surface area contributed by atoms with Crippen molar-refractivity contribution in [2.24, 2.45) is 5.92 Å². The molecule has 0 aliphatic carbocycles. The van der Waals surface area contributed by atoms with Crippen molar-refractivity contribution in [2.75, 3.05) is 19.6 Å². The molecule has 0 fully saturated rings. The van der Waals surface area contributed by atoms with Crippen molar-refractivity contribution in [1.29, 1.82) is 0 Å². The maximum atomic E-state index is 11.6. The van der Waals surface area contributed by atoms with Crippen LogP contribution in [0.3, 0.4) is 0 Å². The third kappa shape index (κ3) is 14.1. The zero-order valence-electron chi connectivity index (χ0n) is 16.4. The summed E-state index contributed by atoms with van der Waals surface area (Å²) in [5.41, 5.74) is -0.990. The molecule has 0 bridgehead atoms. The van der Waals surface area contributed by atoms with E-state index >= 15 is 0 Å². The first kappa shape index (κ1) is 22.5. The number of rotatable bonds is 7. The first-order valence-electron chi connectivity index (χ1n) is 8.45. The third-order valence-corrected chi connectivity index (χ3v) is 2.76. The standard InChI is InChI=1S/C17H35N3O4/c1-12(10-19-14(21)23-16(3,4)5)9-18-13(2)11-20-15(22)24-17(6,7)8/h12-13,18H,9-11H2,1-8H3,(H,19,21)(H,20,22). The average Bonchev–Trinajstić information content (AvgIpc) is 2.36. The zero-order valence-corrected chi connectivity index (χ0v) is 16.4. The first-order valence-corrected chi connectivity index (χ1v) is 8.45. The Morgan fingerprint density at radius 3 is 1.62 bits per heavy atom. The van der Waals surface area contributed by atoms with Crippen LogP contribution in [-0.4, -0.2) is 49.1 Å². The van der Waals surface area contributed by atoms with Gasteiger partial charge in [0.25, 0.3) is 0 Å². The highest BCUT2D eigenvalue weighted by molar-refractivity contribution is 5.68. The molecule has 0 heterocycles. The van der Waals surface area contributed by atoms with Gasteiger partial charge in [-0.25, -0.2) is 9.59 Å². The number of nitrogens with one attached hydrogen (secondary N) is 3. The first-order chi connectivity index (χ1) is 10.8. The molecule has 0 radical (unpaired) electrons. The van der Waals surface area contributed by atoms with E-state index in [2.05, 4.69) is 16.0 Å². The Bertz CT molecular complexity index is 362. The van der Waals surface area contributed by atoms with Gasteiger partial charge in [0.05, 0.1) is 0 Å². The van der Waals surface area contributed by atoms with Crippen molar-refractivity contribution < 1.29 is 19.1 Å². The van der Waals surface area contributed by atoms with E-state index in [1.54, 1.807) is 0 Å². The molecule has 0 aliphatic heterocycles. The molecule has 0 aromatic rings. The van der Waals surface area contributed by atoms with Gasteiger partial charge in [-0.3, -0.25) is 0 Å². The number of hydrogen-bond acceptors (Lipinski definition) is 5. The molecule has 7 heteroatoms. The number of amides is 2. The normalized spacial score (nSPS) is 14.5. The molecule has 2 amide bonds. The van der Waals surface area contributed by atoms with Gasteiger partial charge in [0.1, 0.15) is 11.2 Å². The highest BCUT2D eigenvalue weighted by Gasteiger charge is 2.18. The van der Waals surface area contributed by atoms with Crippen LogP contribution in [0.2, 0.25) is 0 Å². The monoisotopic (exact) mass is 345 g/mol. The largest absolute Gasteiger partial charge is 0.444 e. The van der Waals surface area contributed by atoms with Crippen LogP contribution < -0.4 is 16.0 Å². The van der Waals surface area contributed by atoms with Crippen LogP contribution in [0, 0.1) is 5.92 Å². The van der Waals surface area contributed by atoms with E-state index in [9.17, 15) is 9.59 Å². The molecule has 0 spiro atoms. The Kier molecular flexibility index (Phi) is 9.11. The molecule has 0 saturated carbocycles. The molecule has 0 saturated heterocycles. The fourth-order valence-corrected chi connectivity index (χ4v) is 1.67. The van der Waals surface area contributed by atoms with E-state index in [0.717, 1.165) is 0 Å². The molecule has 2 atom stereocenters. The highest BCUT2D eigenvalue weighted by Crippen LogP contribution is 2.07. The van der Waals surface area contributed by atoms with Crippen LogP contribution in [0.25, 0.3) is 0 Å². The summed E-state index contributed by atoms with van der Waals surface area (Å²) in [6.07, 6.45) is -0.829. The van der Waals surface area contributed by atoms with E-state index in [4.69, 9.17) is 9.47 Å². The van der Waals surface area contributed by atoms with E-state index < -0.39 is 23.4 Å². The molecule has 0 aromatic heterocycles. The minimum atomic E-state index is -0.497. The van der Waals surface area contributed by atoms with Crippen molar-refractivity contribution in [3.8, 4) is 0 Å². The second kappa shape index (κ2) is 9.71. The Hall–Kier alpha value is -1.50. The second-order valence-corrected chi connectivity index (χ2v) is 8.18. The number of alkyl carbamates (subject to hydrolysis) is 2. The van der Waals surface area contributed by atoms with Gasteiger partial charge in [-0.15, -0.1) is 0 Å². The Morgan fingerprint density at radius 2 is 1.21 bits per heavy atom. The fraction of sp³-hybridized carbons (Fsp3) is 0.882. The van der Waals surface area contributed by atoms with Crippen molar-refractivity contribution >= 4 is 12.2 Å². The van der Waals surface area contributed by atoms with Gasteiger partial charge in [-0.2, -0.15) is 0 Å². The highest BCUT2D eigenvalue weighted by atomic mass is 16.6. The molecule has 3 N–H and O–H groups in total. The number of carbonyl (C=O) groups is 2. The van der Waals surface area contributed by atoms with Crippen LogP contribution in [0.5, 0.6) is 0 Å². The van der Waals surface area contributed by atoms with Gasteiger partial charge in [0, 0.05) is 19.1 Å². The zero-order chi connectivity index (χ0) is 19.0. The molecule has 7 nitrogen and oxygen atoms in total. The summed E-state index contributed by atoms with van der Waals surface area (Å²) in [5.74, 6) is 0.237. The lowest BCUT2D eigenvalue weighted by atomic mass is 10.1. The summed E-state index contributed by atoms with van der Waals surface area (Å²) < 4.78 is 10.4. The molecule has 24 heavy (non-hydrogen) atoms. The lowest BCUT2D eigenvalue weighted by Crippen LogP contribution is -2.43. The minimum Gasteiger partial charge on any atom is -0.444 e.